The van der Waals surface area contributed by atoms with E-state index in [1.165, 1.54) is 75.3 Å². The van der Waals surface area contributed by atoms with E-state index in [2.05, 4.69) is 101 Å². The number of allylic oxidation sites excluding steroid dienone is 1. The van der Waals surface area contributed by atoms with E-state index in [-0.39, 0.29) is 6.10 Å². The van der Waals surface area contributed by atoms with Crippen LogP contribution in [0.3, 0.4) is 0 Å². The summed E-state index contributed by atoms with van der Waals surface area (Å²) in [5.41, 5.74) is 5.21. The van der Waals surface area contributed by atoms with Crippen molar-refractivity contribution in [2.75, 3.05) is 0 Å². The zero-order valence-corrected chi connectivity index (χ0v) is 26.7. The summed E-state index contributed by atoms with van der Waals surface area (Å²) >= 11 is 0. The molecule has 0 radical (unpaired) electrons. The molecule has 2 aromatic rings. The number of hydrogen-bond acceptors (Lipinski definition) is 1. The van der Waals surface area contributed by atoms with Gasteiger partial charge in [-0.1, -0.05) is 126 Å². The molecule has 4 aliphatic carbocycles. The summed E-state index contributed by atoms with van der Waals surface area (Å²) in [4.78, 5) is 0. The summed E-state index contributed by atoms with van der Waals surface area (Å²) in [6, 6.07) is 21.7. The lowest BCUT2D eigenvalue weighted by Gasteiger charge is -2.58. The molecule has 4 aliphatic rings. The zero-order valence-electron chi connectivity index (χ0n) is 26.7. The van der Waals surface area contributed by atoms with Crippen LogP contribution in [0.2, 0.25) is 0 Å². The minimum atomic E-state index is 0.0111. The highest BCUT2D eigenvalue weighted by molar-refractivity contribution is 5.31. The van der Waals surface area contributed by atoms with Gasteiger partial charge in [-0.3, -0.25) is 0 Å². The molecule has 0 heterocycles. The second kappa shape index (κ2) is 12.0. The first-order valence-electron chi connectivity index (χ1n) is 17.2. The highest BCUT2D eigenvalue weighted by Gasteiger charge is 2.59. The third-order valence-electron chi connectivity index (χ3n) is 12.8. The molecule has 2 aromatic carbocycles. The Morgan fingerprint density at radius 1 is 0.780 bits per heavy atom. The summed E-state index contributed by atoms with van der Waals surface area (Å²) in [5.74, 6) is 5.38. The average Bonchev–Trinajstić information content (AvgIpc) is 3.34. The Hall–Kier alpha value is -1.86. The van der Waals surface area contributed by atoms with Gasteiger partial charge >= 0.3 is 0 Å². The van der Waals surface area contributed by atoms with Crippen LogP contribution in [0.25, 0.3) is 0 Å². The molecule has 0 aromatic heterocycles. The van der Waals surface area contributed by atoms with Crippen LogP contribution < -0.4 is 0 Å². The van der Waals surface area contributed by atoms with Gasteiger partial charge in [0.25, 0.3) is 0 Å². The monoisotopic (exact) mass is 552 g/mol. The fourth-order valence-corrected chi connectivity index (χ4v) is 10.6. The van der Waals surface area contributed by atoms with Gasteiger partial charge in [0, 0.05) is 0 Å². The lowest BCUT2D eigenvalue weighted by Crippen LogP contribution is -2.51. The molecule has 0 bridgehead atoms. The fraction of sp³-hybridized carbons (Fsp3) is 0.650. The second-order valence-electron chi connectivity index (χ2n) is 15.5. The van der Waals surface area contributed by atoms with Crippen LogP contribution in [0.5, 0.6) is 0 Å². The van der Waals surface area contributed by atoms with Crippen molar-refractivity contribution in [3.8, 4) is 0 Å². The molecule has 0 spiro atoms. The normalized spacial score (nSPS) is 35.5. The first-order chi connectivity index (χ1) is 19.8. The molecule has 0 unspecified atom stereocenters. The molecule has 8 atom stereocenters. The van der Waals surface area contributed by atoms with E-state index in [4.69, 9.17) is 4.74 Å². The van der Waals surface area contributed by atoms with Crippen LogP contribution in [0.1, 0.15) is 122 Å². The van der Waals surface area contributed by atoms with Crippen molar-refractivity contribution < 1.29 is 4.74 Å². The van der Waals surface area contributed by atoms with Crippen LogP contribution in [-0.2, 0) is 4.74 Å². The minimum Gasteiger partial charge on any atom is -0.365 e. The average molecular weight is 553 g/mol. The summed E-state index contributed by atoms with van der Waals surface area (Å²) in [7, 11) is 0. The maximum atomic E-state index is 7.03. The minimum absolute atomic E-state index is 0.0111. The van der Waals surface area contributed by atoms with Gasteiger partial charge in [-0.05, 0) is 109 Å². The van der Waals surface area contributed by atoms with Gasteiger partial charge in [-0.2, -0.15) is 0 Å². The third kappa shape index (κ3) is 5.62. The number of ether oxygens (including phenoxy) is 1. The molecule has 0 amide bonds. The number of hydrogen-bond donors (Lipinski definition) is 0. The van der Waals surface area contributed by atoms with Gasteiger partial charge < -0.3 is 4.74 Å². The van der Waals surface area contributed by atoms with Crippen molar-refractivity contribution in [1.29, 1.82) is 0 Å². The van der Waals surface area contributed by atoms with Crippen LogP contribution in [0.4, 0.5) is 0 Å². The fourth-order valence-electron chi connectivity index (χ4n) is 10.6. The lowest BCUT2D eigenvalue weighted by molar-refractivity contribution is -0.0709. The molecule has 3 fully saturated rings. The molecule has 0 saturated heterocycles. The van der Waals surface area contributed by atoms with E-state index >= 15 is 0 Å². The maximum absolute atomic E-state index is 7.03. The topological polar surface area (TPSA) is 9.23 Å². The van der Waals surface area contributed by atoms with Crippen LogP contribution in [0.15, 0.2) is 72.3 Å². The van der Waals surface area contributed by atoms with Crippen molar-refractivity contribution in [3.63, 3.8) is 0 Å². The highest BCUT2D eigenvalue weighted by Crippen LogP contribution is 2.67. The van der Waals surface area contributed by atoms with Crippen molar-refractivity contribution in [1.82, 2.24) is 0 Å². The van der Waals surface area contributed by atoms with E-state index in [1.54, 1.807) is 5.57 Å². The van der Waals surface area contributed by atoms with E-state index < -0.39 is 0 Å². The summed E-state index contributed by atoms with van der Waals surface area (Å²) < 4.78 is 7.03. The van der Waals surface area contributed by atoms with Gasteiger partial charge in [-0.25, -0.2) is 0 Å². The molecular weight excluding hydrogens is 496 g/mol. The molecular formula is C40H56O. The highest BCUT2D eigenvalue weighted by atomic mass is 16.5. The van der Waals surface area contributed by atoms with Crippen molar-refractivity contribution in [2.24, 2.45) is 46.3 Å². The van der Waals surface area contributed by atoms with Gasteiger partial charge in [-0.15, -0.1) is 0 Å². The molecule has 222 valence electrons. The number of fused-ring (bicyclic) bond motifs is 5. The van der Waals surface area contributed by atoms with E-state index in [0.717, 1.165) is 41.9 Å². The Labute approximate surface area is 251 Å². The molecule has 1 nitrogen and oxygen atoms in total. The van der Waals surface area contributed by atoms with E-state index in [1.807, 2.05) is 0 Å². The van der Waals surface area contributed by atoms with Crippen molar-refractivity contribution in [2.45, 2.75) is 117 Å². The standard InChI is InChI=1S/C40H56O/c1-28(2)13-12-14-29(3)35-21-22-36-34-20-19-32-27-33(23-25-39(32,4)37(34)24-26-40(35,36)5)41-38(30-15-8-6-9-16-30)31-17-10-7-11-18-31/h6-11,15-19,28-29,33-38H,12-14,20-27H2,1-5H3/t29-,33+,34+,35-,36+,37+,39+,40-/m1/s1. The predicted octanol–water partition coefficient (Wildman–Crippen LogP) is 11.2. The van der Waals surface area contributed by atoms with Crippen molar-refractivity contribution in [3.05, 3.63) is 83.4 Å². The maximum Gasteiger partial charge on any atom is 0.108 e. The van der Waals surface area contributed by atoms with Gasteiger partial charge in [0.2, 0.25) is 0 Å². The lowest BCUT2D eigenvalue weighted by atomic mass is 9.47. The van der Waals surface area contributed by atoms with Gasteiger partial charge in [0.15, 0.2) is 0 Å². The third-order valence-corrected chi connectivity index (χ3v) is 12.8. The quantitative estimate of drug-likeness (QED) is 0.281. The molecule has 1 heteroatoms. The summed E-state index contributed by atoms with van der Waals surface area (Å²) in [6.45, 7) is 12.7. The smallest absolute Gasteiger partial charge is 0.108 e. The van der Waals surface area contributed by atoms with Crippen molar-refractivity contribution >= 4 is 0 Å². The molecule has 0 aliphatic heterocycles. The summed E-state index contributed by atoms with van der Waals surface area (Å²) in [6.07, 6.45) is 18.1. The summed E-state index contributed by atoms with van der Waals surface area (Å²) in [5, 5.41) is 0. The van der Waals surface area contributed by atoms with E-state index in [9.17, 15) is 0 Å². The molecule has 0 N–H and O–H groups in total. The second-order valence-corrected chi connectivity index (χ2v) is 15.5. The number of rotatable bonds is 9. The van der Waals surface area contributed by atoms with Crippen LogP contribution in [0, 0.1) is 46.3 Å². The largest absolute Gasteiger partial charge is 0.365 e. The molecule has 41 heavy (non-hydrogen) atoms. The van der Waals surface area contributed by atoms with Crippen LogP contribution in [-0.4, -0.2) is 6.10 Å². The Bertz CT molecular complexity index is 1130. The first-order valence-corrected chi connectivity index (χ1v) is 17.2. The Balaban J connectivity index is 1.16. The van der Waals surface area contributed by atoms with Gasteiger partial charge in [0.1, 0.15) is 6.10 Å². The molecule has 3 saturated carbocycles. The Morgan fingerprint density at radius 2 is 1.46 bits per heavy atom. The number of benzene rings is 2. The SMILES string of the molecule is CC(C)CCC[C@@H](C)[C@H]1CC[C@H]2[C@@H]3CC=C4C[C@@H](OC(c5ccccc5)c5ccccc5)CC[C@]4(C)[C@H]3CC[C@]12C. The van der Waals surface area contributed by atoms with Gasteiger partial charge in [0.05, 0.1) is 6.10 Å². The zero-order chi connectivity index (χ0) is 28.6. The predicted molar refractivity (Wildman–Crippen MR) is 173 cm³/mol. The Morgan fingerprint density at radius 3 is 2.12 bits per heavy atom. The molecule has 6 rings (SSSR count). The van der Waals surface area contributed by atoms with Crippen LogP contribution >= 0.6 is 0 Å². The first kappa shape index (κ1) is 29.2. The van der Waals surface area contributed by atoms with E-state index in [0.29, 0.717) is 16.9 Å². The Kier molecular flexibility index (Phi) is 8.57.